The number of nitrogens with zero attached hydrogens (tertiary/aromatic N) is 1. The average molecular weight is 236 g/mol. The van der Waals surface area contributed by atoms with Crippen LogP contribution < -0.4 is 5.73 Å². The van der Waals surface area contributed by atoms with E-state index in [9.17, 15) is 14.4 Å². The summed E-state index contributed by atoms with van der Waals surface area (Å²) in [5, 5.41) is 8.45. The van der Waals surface area contributed by atoms with Crippen LogP contribution in [0.1, 0.15) is 12.0 Å². The average Bonchev–Trinajstić information content (AvgIpc) is 2.28. The molecule has 1 heterocycles. The molecule has 3 N–H and O–H groups in total. The molecule has 0 aliphatic heterocycles. The molecular weight excluding hydrogens is 224 g/mol. The molecule has 0 spiro atoms. The van der Waals surface area contributed by atoms with Crippen LogP contribution in [-0.4, -0.2) is 33.7 Å². The van der Waals surface area contributed by atoms with Gasteiger partial charge in [0.1, 0.15) is 0 Å². The van der Waals surface area contributed by atoms with Gasteiger partial charge in [0.05, 0.1) is 12.5 Å². The molecule has 17 heavy (non-hydrogen) atoms. The van der Waals surface area contributed by atoms with Gasteiger partial charge in [-0.05, 0) is 11.6 Å². The number of carbonyl (C=O) groups is 3. The molecule has 1 aromatic rings. The molecule has 90 valence electrons. The number of carboxylic acid groups (broad SMARTS) is 1. The van der Waals surface area contributed by atoms with E-state index in [-0.39, 0.29) is 6.42 Å². The Morgan fingerprint density at radius 2 is 2.12 bits per heavy atom. The number of hydrogen-bond acceptors (Lipinski definition) is 5. The van der Waals surface area contributed by atoms with Crippen molar-refractivity contribution in [2.45, 2.75) is 18.9 Å². The molecule has 0 radical (unpaired) electrons. The number of aliphatic carboxylic acids is 1. The third-order valence-electron chi connectivity index (χ3n) is 2.09. The Morgan fingerprint density at radius 3 is 2.65 bits per heavy atom. The highest BCUT2D eigenvalue weighted by Crippen LogP contribution is 2.01. The van der Waals surface area contributed by atoms with Gasteiger partial charge in [0.15, 0.2) is 0 Å². The molecule has 0 saturated heterocycles. The summed E-state index contributed by atoms with van der Waals surface area (Å²) < 4.78 is 0. The highest BCUT2D eigenvalue weighted by Gasteiger charge is 2.23. The van der Waals surface area contributed by atoms with Gasteiger partial charge in [-0.15, -0.1) is 0 Å². The van der Waals surface area contributed by atoms with E-state index in [1.54, 1.807) is 18.3 Å². The van der Waals surface area contributed by atoms with Gasteiger partial charge in [0.2, 0.25) is 11.6 Å². The zero-order chi connectivity index (χ0) is 12.8. The topological polar surface area (TPSA) is 110 Å². The highest BCUT2D eigenvalue weighted by atomic mass is 16.4. The number of aromatic nitrogens is 1. The van der Waals surface area contributed by atoms with Gasteiger partial charge in [-0.2, -0.15) is 0 Å². The predicted molar refractivity (Wildman–Crippen MR) is 58.2 cm³/mol. The van der Waals surface area contributed by atoms with Gasteiger partial charge in [-0.3, -0.25) is 19.4 Å². The van der Waals surface area contributed by atoms with Crippen molar-refractivity contribution in [1.82, 2.24) is 4.98 Å². The zero-order valence-electron chi connectivity index (χ0n) is 9.00. The number of Topliss-reactive ketones (excluding diaryl/α,β-unsaturated/α-hetero) is 2. The second-order valence-corrected chi connectivity index (χ2v) is 3.53. The normalized spacial score (nSPS) is 11.8. The van der Waals surface area contributed by atoms with E-state index in [2.05, 4.69) is 4.98 Å². The Hall–Kier alpha value is -2.08. The van der Waals surface area contributed by atoms with E-state index in [0.717, 1.165) is 0 Å². The Morgan fingerprint density at radius 1 is 1.41 bits per heavy atom. The van der Waals surface area contributed by atoms with Crippen molar-refractivity contribution in [3.05, 3.63) is 30.1 Å². The Kier molecular flexibility index (Phi) is 4.47. The first-order valence-corrected chi connectivity index (χ1v) is 4.94. The van der Waals surface area contributed by atoms with Crippen LogP contribution in [0.2, 0.25) is 0 Å². The maximum Gasteiger partial charge on any atom is 0.305 e. The summed E-state index contributed by atoms with van der Waals surface area (Å²) in [5.74, 6) is -2.77. The fourth-order valence-electron chi connectivity index (χ4n) is 1.26. The Bertz CT molecular complexity index is 430. The lowest BCUT2D eigenvalue weighted by Crippen LogP contribution is -2.38. The molecule has 6 nitrogen and oxygen atoms in total. The van der Waals surface area contributed by atoms with Crippen LogP contribution in [0.4, 0.5) is 0 Å². The largest absolute Gasteiger partial charge is 0.481 e. The summed E-state index contributed by atoms with van der Waals surface area (Å²) in [7, 11) is 0. The summed E-state index contributed by atoms with van der Waals surface area (Å²) in [6.45, 7) is 0. The standard InChI is InChI=1S/C11H12N2O4/c12-8(5-10(15)16)11(17)9(14)4-7-2-1-3-13-6-7/h1-3,6,8H,4-5,12H2,(H,15,16)/t8-/m0/s1. The number of nitrogens with two attached hydrogens (primary N) is 1. The number of carboxylic acids is 1. The van der Waals surface area contributed by atoms with Crippen LogP contribution in [-0.2, 0) is 20.8 Å². The van der Waals surface area contributed by atoms with Gasteiger partial charge in [-0.1, -0.05) is 6.07 Å². The van der Waals surface area contributed by atoms with Crippen molar-refractivity contribution in [3.63, 3.8) is 0 Å². The second-order valence-electron chi connectivity index (χ2n) is 3.53. The van der Waals surface area contributed by atoms with Gasteiger partial charge >= 0.3 is 5.97 Å². The van der Waals surface area contributed by atoms with Crippen molar-refractivity contribution in [3.8, 4) is 0 Å². The lowest BCUT2D eigenvalue weighted by molar-refractivity contribution is -0.141. The van der Waals surface area contributed by atoms with E-state index in [0.29, 0.717) is 5.56 Å². The zero-order valence-corrected chi connectivity index (χ0v) is 9.00. The van der Waals surface area contributed by atoms with Crippen LogP contribution in [0, 0.1) is 0 Å². The first kappa shape index (κ1) is 13.0. The fraction of sp³-hybridized carbons (Fsp3) is 0.273. The molecule has 0 aliphatic carbocycles. The summed E-state index contributed by atoms with van der Waals surface area (Å²) in [6.07, 6.45) is 2.36. The molecule has 1 atom stereocenters. The minimum Gasteiger partial charge on any atom is -0.481 e. The van der Waals surface area contributed by atoms with Crippen LogP contribution in [0.5, 0.6) is 0 Å². The summed E-state index contributed by atoms with van der Waals surface area (Å²) >= 11 is 0. The lowest BCUT2D eigenvalue weighted by atomic mass is 10.0. The summed E-state index contributed by atoms with van der Waals surface area (Å²) in [6, 6.07) is 2.02. The van der Waals surface area contributed by atoms with Gasteiger partial charge < -0.3 is 10.8 Å². The first-order chi connectivity index (χ1) is 8.00. The monoisotopic (exact) mass is 236 g/mol. The molecule has 6 heteroatoms. The molecule has 0 amide bonds. The van der Waals surface area contributed by atoms with E-state index < -0.39 is 30.0 Å². The van der Waals surface area contributed by atoms with Crippen molar-refractivity contribution in [2.24, 2.45) is 5.73 Å². The number of ketones is 2. The molecule has 0 saturated carbocycles. The SMILES string of the molecule is N[C@@H](CC(=O)O)C(=O)C(=O)Cc1cccnc1. The maximum absolute atomic E-state index is 11.5. The van der Waals surface area contributed by atoms with Crippen LogP contribution >= 0.6 is 0 Å². The van der Waals surface area contributed by atoms with E-state index >= 15 is 0 Å². The third-order valence-corrected chi connectivity index (χ3v) is 2.09. The van der Waals surface area contributed by atoms with Crippen molar-refractivity contribution < 1.29 is 19.5 Å². The Labute approximate surface area is 97.5 Å². The van der Waals surface area contributed by atoms with Crippen molar-refractivity contribution in [1.29, 1.82) is 0 Å². The lowest BCUT2D eigenvalue weighted by Gasteiger charge is -2.06. The second kappa shape index (κ2) is 5.86. The van der Waals surface area contributed by atoms with Gasteiger partial charge in [-0.25, -0.2) is 0 Å². The molecule has 0 unspecified atom stereocenters. The molecule has 0 fully saturated rings. The van der Waals surface area contributed by atoms with Crippen molar-refractivity contribution in [2.75, 3.05) is 0 Å². The summed E-state index contributed by atoms with van der Waals surface area (Å²) in [4.78, 5) is 37.1. The van der Waals surface area contributed by atoms with Crippen LogP contribution in [0.25, 0.3) is 0 Å². The highest BCUT2D eigenvalue weighted by molar-refractivity contribution is 6.39. The minimum atomic E-state index is -1.28. The third kappa shape index (κ3) is 4.12. The van der Waals surface area contributed by atoms with Gasteiger partial charge in [0.25, 0.3) is 0 Å². The fourth-order valence-corrected chi connectivity index (χ4v) is 1.26. The number of rotatable bonds is 6. The maximum atomic E-state index is 11.5. The molecular formula is C11H12N2O4. The summed E-state index contributed by atoms with van der Waals surface area (Å²) in [5.41, 5.74) is 5.90. The van der Waals surface area contributed by atoms with Gasteiger partial charge in [0, 0.05) is 18.8 Å². The van der Waals surface area contributed by atoms with Crippen LogP contribution in [0.15, 0.2) is 24.5 Å². The molecule has 0 aromatic carbocycles. The molecule has 1 aromatic heterocycles. The minimum absolute atomic E-state index is 0.111. The van der Waals surface area contributed by atoms with E-state index in [1.165, 1.54) is 6.20 Å². The Balaban J connectivity index is 2.59. The molecule has 0 bridgehead atoms. The van der Waals surface area contributed by atoms with Crippen LogP contribution in [0.3, 0.4) is 0 Å². The quantitative estimate of drug-likeness (QED) is 0.648. The predicted octanol–water partition coefficient (Wildman–Crippen LogP) is -0.436. The van der Waals surface area contributed by atoms with E-state index in [4.69, 9.17) is 10.8 Å². The van der Waals surface area contributed by atoms with E-state index in [1.807, 2.05) is 0 Å². The van der Waals surface area contributed by atoms with Crippen molar-refractivity contribution >= 4 is 17.5 Å². The number of hydrogen-bond donors (Lipinski definition) is 2. The molecule has 1 rings (SSSR count). The molecule has 0 aliphatic rings. The smallest absolute Gasteiger partial charge is 0.305 e. The number of carbonyl (C=O) groups excluding carboxylic acids is 2. The number of pyridine rings is 1. The first-order valence-electron chi connectivity index (χ1n) is 4.94.